The van der Waals surface area contributed by atoms with Crippen molar-refractivity contribution in [1.82, 2.24) is 10.3 Å². The largest absolute Gasteiger partial charge is 0.356 e. The molecule has 1 aliphatic rings. The summed E-state index contributed by atoms with van der Waals surface area (Å²) in [6.07, 6.45) is 4.55. The fraction of sp³-hybridized carbons (Fsp3) is 0.588. The maximum atomic E-state index is 4.82. The van der Waals surface area contributed by atoms with Crippen LogP contribution in [-0.4, -0.2) is 24.6 Å². The van der Waals surface area contributed by atoms with Gasteiger partial charge in [0.2, 0.25) is 0 Å². The summed E-state index contributed by atoms with van der Waals surface area (Å²) >= 11 is 0. The lowest BCUT2D eigenvalue weighted by atomic mass is 9.90. The molecule has 20 heavy (non-hydrogen) atoms. The van der Waals surface area contributed by atoms with Crippen molar-refractivity contribution in [2.24, 2.45) is 0 Å². The summed E-state index contributed by atoms with van der Waals surface area (Å²) in [5, 5.41) is 3.58. The number of hydrogen-bond donors (Lipinski definition) is 1. The summed E-state index contributed by atoms with van der Waals surface area (Å²) in [6, 6.07) is 5.16. The molecule has 1 aliphatic carbocycles. The average Bonchev–Trinajstić information content (AvgIpc) is 3.19. The molecule has 0 spiro atoms. The van der Waals surface area contributed by atoms with E-state index >= 15 is 0 Å². The monoisotopic (exact) mass is 273 g/mol. The standard InChI is InChI=1S/C17H27N3/c1-6-9-20(5)16-11-13(12-18-14-7-8-14)10-15(19-16)17(2,3)4/h6,10-11,14,18H,1,7-9,12H2,2-5H3. The van der Waals surface area contributed by atoms with Gasteiger partial charge in [0, 0.05) is 37.3 Å². The first-order valence-electron chi connectivity index (χ1n) is 7.47. The molecule has 0 aliphatic heterocycles. The molecule has 1 aromatic rings. The summed E-state index contributed by atoms with van der Waals surface area (Å²) in [5.74, 6) is 1.03. The molecule has 0 unspecified atom stereocenters. The lowest BCUT2D eigenvalue weighted by Crippen LogP contribution is -2.23. The Bertz CT molecular complexity index is 470. The van der Waals surface area contributed by atoms with Gasteiger partial charge >= 0.3 is 0 Å². The summed E-state index contributed by atoms with van der Waals surface area (Å²) in [7, 11) is 2.06. The maximum absolute atomic E-state index is 4.82. The first kappa shape index (κ1) is 15.0. The van der Waals surface area contributed by atoms with Crippen LogP contribution < -0.4 is 10.2 Å². The van der Waals surface area contributed by atoms with Gasteiger partial charge in [0.25, 0.3) is 0 Å². The van der Waals surface area contributed by atoms with Gasteiger partial charge in [0.05, 0.1) is 0 Å². The van der Waals surface area contributed by atoms with Crippen LogP contribution in [0.1, 0.15) is 44.9 Å². The number of aromatic nitrogens is 1. The van der Waals surface area contributed by atoms with Crippen LogP contribution in [0.25, 0.3) is 0 Å². The van der Waals surface area contributed by atoms with Crippen LogP contribution in [0.4, 0.5) is 5.82 Å². The normalized spacial score (nSPS) is 15.2. The smallest absolute Gasteiger partial charge is 0.129 e. The fourth-order valence-corrected chi connectivity index (χ4v) is 2.09. The highest BCUT2D eigenvalue weighted by molar-refractivity contribution is 5.43. The van der Waals surface area contributed by atoms with E-state index in [-0.39, 0.29) is 5.41 Å². The molecule has 110 valence electrons. The van der Waals surface area contributed by atoms with E-state index in [1.54, 1.807) is 0 Å². The number of nitrogens with one attached hydrogen (secondary N) is 1. The second kappa shape index (κ2) is 5.96. The zero-order valence-electron chi connectivity index (χ0n) is 13.2. The van der Waals surface area contributed by atoms with Crippen LogP contribution >= 0.6 is 0 Å². The molecule has 0 bridgehead atoms. The van der Waals surface area contributed by atoms with Crippen molar-refractivity contribution in [3.8, 4) is 0 Å². The third kappa shape index (κ3) is 4.07. The zero-order valence-corrected chi connectivity index (χ0v) is 13.2. The topological polar surface area (TPSA) is 28.2 Å². The molecule has 0 amide bonds. The van der Waals surface area contributed by atoms with Crippen molar-refractivity contribution in [2.75, 3.05) is 18.5 Å². The van der Waals surface area contributed by atoms with Gasteiger partial charge < -0.3 is 10.2 Å². The molecule has 2 rings (SSSR count). The van der Waals surface area contributed by atoms with Gasteiger partial charge in [0.1, 0.15) is 5.82 Å². The fourth-order valence-electron chi connectivity index (χ4n) is 2.09. The van der Waals surface area contributed by atoms with Crippen molar-refractivity contribution < 1.29 is 0 Å². The maximum Gasteiger partial charge on any atom is 0.129 e. The highest BCUT2D eigenvalue weighted by atomic mass is 15.2. The van der Waals surface area contributed by atoms with Crippen molar-refractivity contribution in [2.45, 2.75) is 51.6 Å². The third-order valence-corrected chi connectivity index (χ3v) is 3.61. The molecule has 1 saturated carbocycles. The molecule has 0 saturated heterocycles. The Balaban J connectivity index is 2.24. The predicted octanol–water partition coefficient (Wildman–Crippen LogP) is 3.25. The Morgan fingerprint density at radius 1 is 1.40 bits per heavy atom. The average molecular weight is 273 g/mol. The van der Waals surface area contributed by atoms with E-state index < -0.39 is 0 Å². The number of hydrogen-bond acceptors (Lipinski definition) is 3. The van der Waals surface area contributed by atoms with E-state index in [2.05, 4.69) is 56.7 Å². The second-order valence-corrected chi connectivity index (χ2v) is 6.79. The SMILES string of the molecule is C=CCN(C)c1cc(CNC2CC2)cc(C(C)(C)C)n1. The minimum absolute atomic E-state index is 0.0688. The first-order valence-corrected chi connectivity index (χ1v) is 7.47. The summed E-state index contributed by atoms with van der Waals surface area (Å²) < 4.78 is 0. The number of anilines is 1. The quantitative estimate of drug-likeness (QED) is 0.806. The molecule has 1 N–H and O–H groups in total. The number of nitrogens with zero attached hydrogens (tertiary/aromatic N) is 2. The van der Waals surface area contributed by atoms with Crippen LogP contribution in [0.3, 0.4) is 0 Å². The summed E-state index contributed by atoms with van der Waals surface area (Å²) in [4.78, 5) is 6.96. The van der Waals surface area contributed by atoms with Gasteiger partial charge in [-0.1, -0.05) is 26.8 Å². The van der Waals surface area contributed by atoms with Gasteiger partial charge in [-0.25, -0.2) is 4.98 Å². The molecular formula is C17H27N3. The summed E-state index contributed by atoms with van der Waals surface area (Å²) in [5.41, 5.74) is 2.54. The van der Waals surface area contributed by atoms with E-state index in [1.807, 2.05) is 6.08 Å². The molecule has 0 atom stereocenters. The zero-order chi connectivity index (χ0) is 14.8. The Morgan fingerprint density at radius 3 is 2.65 bits per heavy atom. The van der Waals surface area contributed by atoms with Gasteiger partial charge in [-0.05, 0) is 30.5 Å². The van der Waals surface area contributed by atoms with Crippen LogP contribution in [0.5, 0.6) is 0 Å². The van der Waals surface area contributed by atoms with E-state index in [0.717, 1.165) is 30.6 Å². The molecular weight excluding hydrogens is 246 g/mol. The number of pyridine rings is 1. The Kier molecular flexibility index (Phi) is 4.48. The summed E-state index contributed by atoms with van der Waals surface area (Å²) in [6.45, 7) is 12.2. The minimum Gasteiger partial charge on any atom is -0.356 e. The van der Waals surface area contributed by atoms with Gasteiger partial charge in [-0.3, -0.25) is 0 Å². The van der Waals surface area contributed by atoms with Crippen LogP contribution in [0, 0.1) is 0 Å². The predicted molar refractivity (Wildman–Crippen MR) is 86.3 cm³/mol. The van der Waals surface area contributed by atoms with Crippen molar-refractivity contribution in [3.63, 3.8) is 0 Å². The number of rotatable bonds is 6. The molecule has 3 nitrogen and oxygen atoms in total. The molecule has 0 radical (unpaired) electrons. The first-order chi connectivity index (χ1) is 9.40. The Morgan fingerprint density at radius 2 is 2.10 bits per heavy atom. The van der Waals surface area contributed by atoms with Gasteiger partial charge in [0.15, 0.2) is 0 Å². The lowest BCUT2D eigenvalue weighted by molar-refractivity contribution is 0.566. The molecule has 1 aromatic heterocycles. The highest BCUT2D eigenvalue weighted by Crippen LogP contribution is 2.25. The molecule has 1 heterocycles. The van der Waals surface area contributed by atoms with Crippen molar-refractivity contribution in [3.05, 3.63) is 36.0 Å². The Hall–Kier alpha value is -1.35. The molecule has 3 heteroatoms. The molecule has 0 aromatic carbocycles. The van der Waals surface area contributed by atoms with Gasteiger partial charge in [-0.2, -0.15) is 0 Å². The molecule has 1 fully saturated rings. The van der Waals surface area contributed by atoms with E-state index in [0.29, 0.717) is 0 Å². The minimum atomic E-state index is 0.0688. The Labute approximate surface area is 123 Å². The van der Waals surface area contributed by atoms with Crippen molar-refractivity contribution in [1.29, 1.82) is 0 Å². The van der Waals surface area contributed by atoms with Crippen LogP contribution in [0.15, 0.2) is 24.8 Å². The van der Waals surface area contributed by atoms with E-state index in [4.69, 9.17) is 4.98 Å². The third-order valence-electron chi connectivity index (χ3n) is 3.61. The van der Waals surface area contributed by atoms with Crippen LogP contribution in [0.2, 0.25) is 0 Å². The highest BCUT2D eigenvalue weighted by Gasteiger charge is 2.21. The van der Waals surface area contributed by atoms with E-state index in [9.17, 15) is 0 Å². The van der Waals surface area contributed by atoms with Gasteiger partial charge in [-0.15, -0.1) is 6.58 Å². The number of likely N-dealkylation sites (N-methyl/N-ethyl adjacent to an activating group) is 1. The van der Waals surface area contributed by atoms with Crippen molar-refractivity contribution >= 4 is 5.82 Å². The van der Waals surface area contributed by atoms with Crippen LogP contribution in [-0.2, 0) is 12.0 Å². The second-order valence-electron chi connectivity index (χ2n) is 6.79. The van der Waals surface area contributed by atoms with E-state index in [1.165, 1.54) is 18.4 Å². The lowest BCUT2D eigenvalue weighted by Gasteiger charge is -2.23.